The molecule has 5 heteroatoms. The first kappa shape index (κ1) is 16.8. The maximum atomic E-state index is 11.9. The third kappa shape index (κ3) is 3.41. The van der Waals surface area contributed by atoms with Crippen molar-refractivity contribution in [3.05, 3.63) is 35.0 Å². The molecule has 130 valence electrons. The van der Waals surface area contributed by atoms with Gasteiger partial charge in [0.15, 0.2) is 0 Å². The highest BCUT2D eigenvalue weighted by molar-refractivity contribution is 5.86. The van der Waals surface area contributed by atoms with Crippen LogP contribution in [0, 0.1) is 0 Å². The number of benzene rings is 1. The summed E-state index contributed by atoms with van der Waals surface area (Å²) < 4.78 is 7.58. The van der Waals surface area contributed by atoms with Crippen molar-refractivity contribution >= 4 is 17.0 Å². The molecule has 1 aromatic heterocycles. The zero-order chi connectivity index (χ0) is 17.5. The summed E-state index contributed by atoms with van der Waals surface area (Å²) in [5, 5.41) is 4.10. The topological polar surface area (TPSA) is 46.5 Å². The van der Waals surface area contributed by atoms with E-state index in [1.807, 2.05) is 20.8 Å². The summed E-state index contributed by atoms with van der Waals surface area (Å²) in [6.07, 6.45) is 1.77. The van der Waals surface area contributed by atoms with Crippen LogP contribution in [0.4, 0.5) is 4.79 Å². The highest BCUT2D eigenvalue weighted by Gasteiger charge is 2.20. The number of nitrogens with one attached hydrogen (secondary N) is 1. The fraction of sp³-hybridized carbons (Fsp3) is 0.526. The van der Waals surface area contributed by atoms with Crippen LogP contribution < -0.4 is 5.32 Å². The Morgan fingerprint density at radius 3 is 2.54 bits per heavy atom. The molecule has 1 aliphatic rings. The fourth-order valence-corrected chi connectivity index (χ4v) is 3.31. The number of hydrogen-bond acceptors (Lipinski definition) is 3. The van der Waals surface area contributed by atoms with Crippen LogP contribution in [0.25, 0.3) is 10.9 Å². The highest BCUT2D eigenvalue weighted by atomic mass is 16.6. The lowest BCUT2D eigenvalue weighted by molar-refractivity contribution is 0.0524. The normalized spacial score (nSPS) is 14.9. The maximum absolute atomic E-state index is 11.9. The van der Waals surface area contributed by atoms with E-state index in [9.17, 15) is 4.79 Å². The second-order valence-electron chi connectivity index (χ2n) is 7.61. The molecule has 0 saturated carbocycles. The number of nitrogens with zero attached hydrogens (tertiary/aromatic N) is 2. The van der Waals surface area contributed by atoms with E-state index < -0.39 is 5.60 Å². The van der Waals surface area contributed by atoms with Gasteiger partial charge in [-0.25, -0.2) is 4.79 Å². The van der Waals surface area contributed by atoms with E-state index in [1.54, 1.807) is 0 Å². The summed E-state index contributed by atoms with van der Waals surface area (Å²) in [5.74, 6) is 0. The smallest absolute Gasteiger partial charge is 0.407 e. The van der Waals surface area contributed by atoms with Crippen molar-refractivity contribution in [3.63, 3.8) is 0 Å². The molecule has 1 aliphatic heterocycles. The number of fused-ring (bicyclic) bond motifs is 2. The number of aryl methyl sites for hydroxylation is 1. The van der Waals surface area contributed by atoms with Crippen LogP contribution in [0.15, 0.2) is 18.3 Å². The van der Waals surface area contributed by atoms with Gasteiger partial charge < -0.3 is 14.6 Å². The van der Waals surface area contributed by atoms with Crippen molar-refractivity contribution in [1.29, 1.82) is 0 Å². The van der Waals surface area contributed by atoms with Crippen molar-refractivity contribution in [2.75, 3.05) is 7.05 Å². The fourth-order valence-electron chi connectivity index (χ4n) is 3.31. The first-order valence-electron chi connectivity index (χ1n) is 8.55. The predicted molar refractivity (Wildman–Crippen MR) is 95.9 cm³/mol. The average molecular weight is 329 g/mol. The molecule has 2 aromatic rings. The first-order chi connectivity index (χ1) is 11.3. The molecule has 0 spiro atoms. The van der Waals surface area contributed by atoms with Gasteiger partial charge in [0.2, 0.25) is 0 Å². The summed E-state index contributed by atoms with van der Waals surface area (Å²) in [4.78, 5) is 14.2. The van der Waals surface area contributed by atoms with Gasteiger partial charge in [0.25, 0.3) is 0 Å². The molecule has 1 aromatic carbocycles. The maximum Gasteiger partial charge on any atom is 0.407 e. The van der Waals surface area contributed by atoms with Crippen molar-refractivity contribution < 1.29 is 9.53 Å². The van der Waals surface area contributed by atoms with Crippen molar-refractivity contribution in [3.8, 4) is 0 Å². The third-order valence-corrected chi connectivity index (χ3v) is 4.33. The molecular formula is C19H27N3O2. The molecule has 0 aliphatic carbocycles. The van der Waals surface area contributed by atoms with E-state index in [-0.39, 0.29) is 6.09 Å². The highest BCUT2D eigenvalue weighted by Crippen LogP contribution is 2.30. The predicted octanol–water partition coefficient (Wildman–Crippen LogP) is 3.63. The molecule has 0 atom stereocenters. The Morgan fingerprint density at radius 1 is 1.25 bits per heavy atom. The van der Waals surface area contributed by atoms with E-state index in [0.29, 0.717) is 6.54 Å². The summed E-state index contributed by atoms with van der Waals surface area (Å²) in [6.45, 7) is 11.1. The molecule has 0 unspecified atom stereocenters. The zero-order valence-corrected chi connectivity index (χ0v) is 15.3. The molecule has 2 heterocycles. The molecule has 0 bridgehead atoms. The van der Waals surface area contributed by atoms with E-state index >= 15 is 0 Å². The molecule has 24 heavy (non-hydrogen) atoms. The van der Waals surface area contributed by atoms with Crippen LogP contribution in [-0.2, 0) is 30.9 Å². The lowest BCUT2D eigenvalue weighted by atomic mass is 10.1. The van der Waals surface area contributed by atoms with Crippen LogP contribution in [0.5, 0.6) is 0 Å². The molecule has 0 fully saturated rings. The number of amides is 1. The number of carbonyl (C=O) groups excluding carboxylic acids is 1. The van der Waals surface area contributed by atoms with Gasteiger partial charge in [0.1, 0.15) is 5.60 Å². The van der Waals surface area contributed by atoms with Gasteiger partial charge in [-0.2, -0.15) is 0 Å². The minimum atomic E-state index is -0.479. The molecule has 1 amide bonds. The summed E-state index contributed by atoms with van der Waals surface area (Å²) in [7, 11) is 2.14. The van der Waals surface area contributed by atoms with Crippen LogP contribution in [0.2, 0.25) is 0 Å². The second-order valence-corrected chi connectivity index (χ2v) is 7.61. The van der Waals surface area contributed by atoms with Gasteiger partial charge in [-0.05, 0) is 63.6 Å². The molecule has 5 nitrogen and oxygen atoms in total. The average Bonchev–Trinajstić information content (AvgIpc) is 2.99. The minimum absolute atomic E-state index is 0.374. The molecular weight excluding hydrogens is 302 g/mol. The Kier molecular flexibility index (Phi) is 4.30. The van der Waals surface area contributed by atoms with Gasteiger partial charge in [-0.1, -0.05) is 0 Å². The number of aromatic nitrogens is 1. The van der Waals surface area contributed by atoms with Crippen molar-refractivity contribution in [2.45, 2.75) is 59.5 Å². The second kappa shape index (κ2) is 6.13. The van der Waals surface area contributed by atoms with Crippen molar-refractivity contribution in [1.82, 2.24) is 14.8 Å². The van der Waals surface area contributed by atoms with Crippen LogP contribution in [0.1, 0.15) is 44.4 Å². The third-order valence-electron chi connectivity index (χ3n) is 4.33. The van der Waals surface area contributed by atoms with Gasteiger partial charge in [0, 0.05) is 43.3 Å². The Labute approximate surface area is 143 Å². The summed E-state index contributed by atoms with van der Waals surface area (Å²) in [6, 6.07) is 4.58. The van der Waals surface area contributed by atoms with E-state index in [1.165, 1.54) is 22.0 Å². The molecule has 1 N–H and O–H groups in total. The minimum Gasteiger partial charge on any atom is -0.444 e. The summed E-state index contributed by atoms with van der Waals surface area (Å²) in [5.41, 5.74) is 4.69. The van der Waals surface area contributed by atoms with Crippen LogP contribution >= 0.6 is 0 Å². The van der Waals surface area contributed by atoms with Gasteiger partial charge in [-0.15, -0.1) is 0 Å². The Morgan fingerprint density at radius 2 is 1.92 bits per heavy atom. The lowest BCUT2D eigenvalue weighted by Gasteiger charge is -2.19. The quantitative estimate of drug-likeness (QED) is 0.935. The van der Waals surface area contributed by atoms with E-state index in [2.05, 4.69) is 47.1 Å². The van der Waals surface area contributed by atoms with Gasteiger partial charge in [-0.3, -0.25) is 4.90 Å². The molecule has 0 radical (unpaired) electrons. The standard InChI is InChI=1S/C19H27N3O2/c1-6-22-12-15(9-20-18(23)24-19(2,3)4)16-7-13-10-21(5)11-14(13)8-17(16)22/h7-8,12H,6,9-11H2,1-5H3,(H,20,23). The van der Waals surface area contributed by atoms with E-state index in [0.717, 1.165) is 25.2 Å². The monoisotopic (exact) mass is 329 g/mol. The number of carbonyl (C=O) groups is 1. The van der Waals surface area contributed by atoms with Crippen LogP contribution in [0.3, 0.4) is 0 Å². The largest absolute Gasteiger partial charge is 0.444 e. The molecule has 0 saturated heterocycles. The van der Waals surface area contributed by atoms with Gasteiger partial charge in [0.05, 0.1) is 0 Å². The Bertz CT molecular complexity index is 771. The Balaban J connectivity index is 1.86. The zero-order valence-electron chi connectivity index (χ0n) is 15.3. The molecule has 3 rings (SSSR count). The summed E-state index contributed by atoms with van der Waals surface area (Å²) >= 11 is 0. The van der Waals surface area contributed by atoms with E-state index in [4.69, 9.17) is 4.74 Å². The van der Waals surface area contributed by atoms with Gasteiger partial charge >= 0.3 is 6.09 Å². The number of alkyl carbamates (subject to hydrolysis) is 1. The first-order valence-corrected chi connectivity index (χ1v) is 8.55. The Hall–Kier alpha value is -2.01. The number of rotatable bonds is 3. The number of ether oxygens (including phenoxy) is 1. The van der Waals surface area contributed by atoms with Crippen LogP contribution in [-0.4, -0.2) is 28.2 Å². The SMILES string of the molecule is CCn1cc(CNC(=O)OC(C)(C)C)c2cc3c(cc21)CN(C)C3. The number of hydrogen-bond donors (Lipinski definition) is 1. The lowest BCUT2D eigenvalue weighted by Crippen LogP contribution is -2.32. The van der Waals surface area contributed by atoms with Crippen molar-refractivity contribution in [2.24, 2.45) is 0 Å².